The molecule has 3 rings (SSSR count). The minimum Gasteiger partial charge on any atom is -0.343 e. The SMILES string of the molecule is CSc1ccc(NC(=O)CCc2nc(C3(NC(C)=O)CCCCCC3)no2)cc1. The summed E-state index contributed by atoms with van der Waals surface area (Å²) in [5.74, 6) is 0.748. The summed E-state index contributed by atoms with van der Waals surface area (Å²) in [6, 6.07) is 7.72. The molecule has 0 radical (unpaired) electrons. The van der Waals surface area contributed by atoms with Crippen LogP contribution in [0.25, 0.3) is 0 Å². The Kier molecular flexibility index (Phi) is 7.30. The van der Waals surface area contributed by atoms with Gasteiger partial charge in [0.1, 0.15) is 5.54 Å². The van der Waals surface area contributed by atoms with Gasteiger partial charge < -0.3 is 15.2 Å². The van der Waals surface area contributed by atoms with Crippen LogP contribution in [0.5, 0.6) is 0 Å². The lowest BCUT2D eigenvalue weighted by Gasteiger charge is -2.30. The van der Waals surface area contributed by atoms with Gasteiger partial charge in [0.15, 0.2) is 5.82 Å². The standard InChI is InChI=1S/C21H28N4O3S/c1-15(26)24-21(13-5-3-4-6-14-21)20-23-19(28-25-20)12-11-18(27)22-16-7-9-17(29-2)10-8-16/h7-10H,3-6,11-14H2,1-2H3,(H,22,27)(H,24,26). The minimum atomic E-state index is -0.564. The Labute approximate surface area is 175 Å². The van der Waals surface area contributed by atoms with Crippen LogP contribution in [0, 0.1) is 0 Å². The number of carbonyl (C=O) groups is 2. The molecule has 2 N–H and O–H groups in total. The van der Waals surface area contributed by atoms with Gasteiger partial charge in [0, 0.05) is 30.3 Å². The molecule has 0 saturated heterocycles. The lowest BCUT2D eigenvalue weighted by atomic mass is 9.89. The van der Waals surface area contributed by atoms with Crippen molar-refractivity contribution in [2.24, 2.45) is 0 Å². The predicted molar refractivity (Wildman–Crippen MR) is 113 cm³/mol. The monoisotopic (exact) mass is 416 g/mol. The molecule has 0 spiro atoms. The fourth-order valence-corrected chi connectivity index (χ4v) is 4.15. The molecule has 0 bridgehead atoms. The Bertz CT molecular complexity index is 827. The summed E-state index contributed by atoms with van der Waals surface area (Å²) in [5, 5.41) is 10.1. The van der Waals surface area contributed by atoms with E-state index in [1.54, 1.807) is 11.8 Å². The third-order valence-corrected chi connectivity index (χ3v) is 5.95. The average molecular weight is 417 g/mol. The van der Waals surface area contributed by atoms with Crippen molar-refractivity contribution in [1.82, 2.24) is 15.5 Å². The number of aryl methyl sites for hydroxylation is 1. The van der Waals surface area contributed by atoms with E-state index in [-0.39, 0.29) is 18.2 Å². The maximum absolute atomic E-state index is 12.2. The number of anilines is 1. The topological polar surface area (TPSA) is 97.1 Å². The Morgan fingerprint density at radius 2 is 1.83 bits per heavy atom. The van der Waals surface area contributed by atoms with E-state index in [4.69, 9.17) is 4.52 Å². The van der Waals surface area contributed by atoms with Crippen LogP contribution < -0.4 is 10.6 Å². The molecule has 1 aromatic heterocycles. The van der Waals surface area contributed by atoms with Gasteiger partial charge in [-0.3, -0.25) is 9.59 Å². The van der Waals surface area contributed by atoms with E-state index in [0.717, 1.165) is 49.1 Å². The van der Waals surface area contributed by atoms with Crippen molar-refractivity contribution >= 4 is 29.3 Å². The number of hydrogen-bond donors (Lipinski definition) is 2. The van der Waals surface area contributed by atoms with Gasteiger partial charge in [0.2, 0.25) is 17.7 Å². The molecular formula is C21H28N4O3S. The molecule has 1 fully saturated rings. The van der Waals surface area contributed by atoms with Gasteiger partial charge in [-0.15, -0.1) is 11.8 Å². The predicted octanol–water partition coefficient (Wildman–Crippen LogP) is 4.05. The van der Waals surface area contributed by atoms with Crippen molar-refractivity contribution in [2.75, 3.05) is 11.6 Å². The molecule has 156 valence electrons. The van der Waals surface area contributed by atoms with E-state index < -0.39 is 5.54 Å². The summed E-state index contributed by atoms with van der Waals surface area (Å²) in [5.41, 5.74) is 0.202. The first-order chi connectivity index (χ1) is 14.0. The fourth-order valence-electron chi connectivity index (χ4n) is 3.74. The highest BCUT2D eigenvalue weighted by Crippen LogP contribution is 2.34. The van der Waals surface area contributed by atoms with E-state index in [2.05, 4.69) is 20.8 Å². The van der Waals surface area contributed by atoms with Crippen LogP contribution in [-0.2, 0) is 21.5 Å². The maximum Gasteiger partial charge on any atom is 0.227 e. The minimum absolute atomic E-state index is 0.0925. The largest absolute Gasteiger partial charge is 0.343 e. The van der Waals surface area contributed by atoms with Crippen LogP contribution in [0.2, 0.25) is 0 Å². The van der Waals surface area contributed by atoms with Crippen molar-refractivity contribution in [3.05, 3.63) is 36.0 Å². The second kappa shape index (κ2) is 9.91. The van der Waals surface area contributed by atoms with Crippen LogP contribution in [0.1, 0.15) is 63.6 Å². The number of carbonyl (C=O) groups excluding carboxylic acids is 2. The molecule has 29 heavy (non-hydrogen) atoms. The first-order valence-electron chi connectivity index (χ1n) is 10.1. The molecule has 1 aliphatic carbocycles. The Morgan fingerprint density at radius 3 is 2.45 bits per heavy atom. The van der Waals surface area contributed by atoms with Gasteiger partial charge in [0.25, 0.3) is 0 Å². The molecule has 2 aromatic rings. The summed E-state index contributed by atoms with van der Waals surface area (Å²) < 4.78 is 5.40. The van der Waals surface area contributed by atoms with Crippen molar-refractivity contribution in [3.63, 3.8) is 0 Å². The lowest BCUT2D eigenvalue weighted by molar-refractivity contribution is -0.121. The van der Waals surface area contributed by atoms with Crippen LogP contribution in [0.3, 0.4) is 0 Å². The van der Waals surface area contributed by atoms with Gasteiger partial charge in [-0.2, -0.15) is 4.98 Å². The number of rotatable bonds is 7. The van der Waals surface area contributed by atoms with E-state index >= 15 is 0 Å². The number of amides is 2. The molecule has 7 nitrogen and oxygen atoms in total. The molecule has 8 heteroatoms. The first kappa shape index (κ1) is 21.4. The summed E-state index contributed by atoms with van der Waals surface area (Å²) >= 11 is 1.66. The van der Waals surface area contributed by atoms with Crippen LogP contribution >= 0.6 is 11.8 Å². The maximum atomic E-state index is 12.2. The number of hydrogen-bond acceptors (Lipinski definition) is 6. The van der Waals surface area contributed by atoms with Crippen LogP contribution in [-0.4, -0.2) is 28.2 Å². The molecule has 1 saturated carbocycles. The highest BCUT2D eigenvalue weighted by molar-refractivity contribution is 7.98. The summed E-state index contributed by atoms with van der Waals surface area (Å²) in [6.07, 6.45) is 8.54. The Morgan fingerprint density at radius 1 is 1.14 bits per heavy atom. The van der Waals surface area contributed by atoms with Crippen molar-refractivity contribution in [3.8, 4) is 0 Å². The molecule has 0 unspecified atom stereocenters. The van der Waals surface area contributed by atoms with E-state index in [1.165, 1.54) is 6.92 Å². The summed E-state index contributed by atoms with van der Waals surface area (Å²) in [7, 11) is 0. The van der Waals surface area contributed by atoms with Crippen molar-refractivity contribution in [2.45, 2.75) is 68.7 Å². The quantitative estimate of drug-likeness (QED) is 0.522. The van der Waals surface area contributed by atoms with Gasteiger partial charge in [-0.05, 0) is 43.4 Å². The van der Waals surface area contributed by atoms with Gasteiger partial charge in [-0.1, -0.05) is 30.8 Å². The number of nitrogens with one attached hydrogen (secondary N) is 2. The summed E-state index contributed by atoms with van der Waals surface area (Å²) in [4.78, 5) is 29.7. The van der Waals surface area contributed by atoms with E-state index in [0.29, 0.717) is 18.1 Å². The molecule has 1 aromatic carbocycles. The molecular weight excluding hydrogens is 388 g/mol. The fraction of sp³-hybridized carbons (Fsp3) is 0.524. The number of thioether (sulfide) groups is 1. The molecule has 1 aliphatic rings. The molecule has 2 amide bonds. The summed E-state index contributed by atoms with van der Waals surface area (Å²) in [6.45, 7) is 1.52. The molecule has 0 atom stereocenters. The average Bonchev–Trinajstić information content (AvgIpc) is 3.07. The van der Waals surface area contributed by atoms with Crippen LogP contribution in [0.15, 0.2) is 33.7 Å². The highest BCUT2D eigenvalue weighted by Gasteiger charge is 2.38. The second-order valence-electron chi connectivity index (χ2n) is 7.47. The lowest BCUT2D eigenvalue weighted by Crippen LogP contribution is -2.45. The Balaban J connectivity index is 1.60. The van der Waals surface area contributed by atoms with Gasteiger partial charge >= 0.3 is 0 Å². The van der Waals surface area contributed by atoms with Crippen LogP contribution in [0.4, 0.5) is 5.69 Å². The van der Waals surface area contributed by atoms with E-state index in [1.807, 2.05) is 30.5 Å². The molecule has 1 heterocycles. The number of aromatic nitrogens is 2. The zero-order chi connectivity index (χ0) is 20.7. The smallest absolute Gasteiger partial charge is 0.227 e. The number of benzene rings is 1. The van der Waals surface area contributed by atoms with Gasteiger partial charge in [0.05, 0.1) is 0 Å². The first-order valence-corrected chi connectivity index (χ1v) is 11.3. The Hall–Kier alpha value is -2.35. The van der Waals surface area contributed by atoms with Gasteiger partial charge in [-0.25, -0.2) is 0 Å². The number of nitrogens with zero attached hydrogens (tertiary/aromatic N) is 2. The zero-order valence-electron chi connectivity index (χ0n) is 17.0. The van der Waals surface area contributed by atoms with Crippen molar-refractivity contribution in [1.29, 1.82) is 0 Å². The van der Waals surface area contributed by atoms with Crippen molar-refractivity contribution < 1.29 is 14.1 Å². The zero-order valence-corrected chi connectivity index (χ0v) is 17.8. The normalized spacial score (nSPS) is 16.1. The van der Waals surface area contributed by atoms with E-state index in [9.17, 15) is 9.59 Å². The third-order valence-electron chi connectivity index (χ3n) is 5.21. The second-order valence-corrected chi connectivity index (χ2v) is 8.35. The highest BCUT2D eigenvalue weighted by atomic mass is 32.2. The molecule has 0 aliphatic heterocycles. The third kappa shape index (κ3) is 5.82.